The Morgan fingerprint density at radius 3 is 2.80 bits per heavy atom. The molecule has 0 aliphatic heterocycles. The van der Waals surface area contributed by atoms with Gasteiger partial charge in [-0.15, -0.1) is 11.3 Å². The SMILES string of the molecule is Cc1sc2ncnc(OCc3ccccc3F)c2c1C. The van der Waals surface area contributed by atoms with Crippen molar-refractivity contribution in [2.45, 2.75) is 20.5 Å². The smallest absolute Gasteiger partial charge is 0.225 e. The third kappa shape index (κ3) is 2.25. The minimum atomic E-state index is -0.268. The second-order valence-electron chi connectivity index (χ2n) is 4.52. The molecule has 0 spiro atoms. The zero-order valence-corrected chi connectivity index (χ0v) is 12.0. The highest BCUT2D eigenvalue weighted by molar-refractivity contribution is 7.18. The summed E-state index contributed by atoms with van der Waals surface area (Å²) < 4.78 is 19.3. The number of rotatable bonds is 3. The van der Waals surface area contributed by atoms with E-state index in [1.54, 1.807) is 29.5 Å². The molecule has 0 amide bonds. The molecule has 2 heterocycles. The number of halogens is 1. The van der Waals surface area contributed by atoms with Crippen LogP contribution in [0, 0.1) is 19.7 Å². The Bertz CT molecular complexity index is 770. The minimum absolute atomic E-state index is 0.160. The summed E-state index contributed by atoms with van der Waals surface area (Å²) in [5.41, 5.74) is 1.64. The average Bonchev–Trinajstić information content (AvgIpc) is 2.74. The Balaban J connectivity index is 1.94. The lowest BCUT2D eigenvalue weighted by Crippen LogP contribution is -2.00. The van der Waals surface area contributed by atoms with Crippen LogP contribution in [-0.4, -0.2) is 9.97 Å². The maximum absolute atomic E-state index is 13.6. The molecular formula is C15H13FN2OS. The fraction of sp³-hybridized carbons (Fsp3) is 0.200. The first-order valence-electron chi connectivity index (χ1n) is 6.23. The van der Waals surface area contributed by atoms with Crippen molar-refractivity contribution < 1.29 is 9.13 Å². The van der Waals surface area contributed by atoms with E-state index in [0.717, 1.165) is 15.8 Å². The molecule has 3 rings (SSSR count). The molecule has 0 N–H and O–H groups in total. The van der Waals surface area contributed by atoms with Gasteiger partial charge in [0.15, 0.2) is 0 Å². The number of hydrogen-bond acceptors (Lipinski definition) is 4. The molecule has 2 aromatic heterocycles. The summed E-state index contributed by atoms with van der Waals surface area (Å²) in [6.07, 6.45) is 1.48. The van der Waals surface area contributed by atoms with E-state index in [2.05, 4.69) is 9.97 Å². The van der Waals surface area contributed by atoms with Crippen molar-refractivity contribution in [3.63, 3.8) is 0 Å². The Morgan fingerprint density at radius 2 is 2.00 bits per heavy atom. The maximum atomic E-state index is 13.6. The Morgan fingerprint density at radius 1 is 1.20 bits per heavy atom. The highest BCUT2D eigenvalue weighted by atomic mass is 32.1. The first kappa shape index (κ1) is 13.0. The summed E-state index contributed by atoms with van der Waals surface area (Å²) in [4.78, 5) is 10.5. The summed E-state index contributed by atoms with van der Waals surface area (Å²) in [7, 11) is 0. The molecule has 20 heavy (non-hydrogen) atoms. The summed E-state index contributed by atoms with van der Waals surface area (Å²) in [5, 5.41) is 0.923. The van der Waals surface area contributed by atoms with E-state index in [-0.39, 0.29) is 12.4 Å². The summed E-state index contributed by atoms with van der Waals surface area (Å²) in [5.74, 6) is 0.246. The monoisotopic (exact) mass is 288 g/mol. The summed E-state index contributed by atoms with van der Waals surface area (Å²) in [6.45, 7) is 4.23. The van der Waals surface area contributed by atoms with E-state index < -0.39 is 0 Å². The van der Waals surface area contributed by atoms with Crippen molar-refractivity contribution in [3.05, 3.63) is 52.4 Å². The van der Waals surface area contributed by atoms with E-state index in [9.17, 15) is 4.39 Å². The molecule has 0 aliphatic carbocycles. The fourth-order valence-corrected chi connectivity index (χ4v) is 3.01. The third-order valence-corrected chi connectivity index (χ3v) is 4.37. The van der Waals surface area contributed by atoms with Crippen LogP contribution in [0.2, 0.25) is 0 Å². The van der Waals surface area contributed by atoms with Crippen LogP contribution in [0.3, 0.4) is 0 Å². The minimum Gasteiger partial charge on any atom is -0.472 e. The predicted molar refractivity (Wildman–Crippen MR) is 77.6 cm³/mol. The van der Waals surface area contributed by atoms with Crippen molar-refractivity contribution in [2.24, 2.45) is 0 Å². The van der Waals surface area contributed by atoms with Gasteiger partial charge in [0.25, 0.3) is 0 Å². The molecule has 0 radical (unpaired) electrons. The number of fused-ring (bicyclic) bond motifs is 1. The van der Waals surface area contributed by atoms with E-state index in [4.69, 9.17) is 4.74 Å². The molecule has 102 valence electrons. The molecule has 0 bridgehead atoms. The third-order valence-electron chi connectivity index (χ3n) is 3.25. The molecule has 5 heteroatoms. The number of benzene rings is 1. The predicted octanol–water partition coefficient (Wildman–Crippen LogP) is 4.03. The van der Waals surface area contributed by atoms with E-state index in [1.165, 1.54) is 17.3 Å². The largest absolute Gasteiger partial charge is 0.472 e. The Hall–Kier alpha value is -2.01. The van der Waals surface area contributed by atoms with Crippen molar-refractivity contribution in [3.8, 4) is 5.88 Å². The van der Waals surface area contributed by atoms with Gasteiger partial charge in [-0.3, -0.25) is 0 Å². The second-order valence-corrected chi connectivity index (χ2v) is 5.73. The molecular weight excluding hydrogens is 275 g/mol. The van der Waals surface area contributed by atoms with Crippen LogP contribution >= 0.6 is 11.3 Å². The molecule has 3 aromatic rings. The van der Waals surface area contributed by atoms with E-state index in [0.29, 0.717) is 11.4 Å². The van der Waals surface area contributed by atoms with Crippen molar-refractivity contribution in [1.29, 1.82) is 0 Å². The van der Waals surface area contributed by atoms with Gasteiger partial charge in [-0.05, 0) is 25.5 Å². The highest BCUT2D eigenvalue weighted by Gasteiger charge is 2.13. The van der Waals surface area contributed by atoms with Crippen LogP contribution in [0.1, 0.15) is 16.0 Å². The first-order chi connectivity index (χ1) is 9.66. The normalized spacial score (nSPS) is 10.9. The van der Waals surface area contributed by atoms with Gasteiger partial charge in [0.1, 0.15) is 23.6 Å². The number of thiophene rings is 1. The van der Waals surface area contributed by atoms with Crippen LogP contribution in [-0.2, 0) is 6.61 Å². The Labute approximate surface area is 120 Å². The van der Waals surface area contributed by atoms with Gasteiger partial charge in [-0.1, -0.05) is 18.2 Å². The lowest BCUT2D eigenvalue weighted by atomic mass is 10.2. The van der Waals surface area contributed by atoms with Gasteiger partial charge in [0.05, 0.1) is 5.39 Å². The number of ether oxygens (including phenoxy) is 1. The molecule has 1 aromatic carbocycles. The van der Waals surface area contributed by atoms with Crippen molar-refractivity contribution in [1.82, 2.24) is 9.97 Å². The van der Waals surface area contributed by atoms with Crippen LogP contribution in [0.5, 0.6) is 5.88 Å². The van der Waals surface area contributed by atoms with Gasteiger partial charge in [0.2, 0.25) is 5.88 Å². The van der Waals surface area contributed by atoms with Gasteiger partial charge in [-0.25, -0.2) is 14.4 Å². The van der Waals surface area contributed by atoms with Crippen LogP contribution in [0.15, 0.2) is 30.6 Å². The average molecular weight is 288 g/mol. The lowest BCUT2D eigenvalue weighted by Gasteiger charge is -2.07. The van der Waals surface area contributed by atoms with Gasteiger partial charge in [0, 0.05) is 10.4 Å². The number of aryl methyl sites for hydroxylation is 2. The van der Waals surface area contributed by atoms with Crippen molar-refractivity contribution in [2.75, 3.05) is 0 Å². The van der Waals surface area contributed by atoms with Crippen LogP contribution in [0.4, 0.5) is 4.39 Å². The number of aromatic nitrogens is 2. The maximum Gasteiger partial charge on any atom is 0.225 e. The van der Waals surface area contributed by atoms with Gasteiger partial charge < -0.3 is 4.74 Å². The molecule has 0 aliphatic rings. The number of hydrogen-bond donors (Lipinski definition) is 0. The molecule has 0 saturated carbocycles. The Kier molecular flexibility index (Phi) is 3.36. The lowest BCUT2D eigenvalue weighted by molar-refractivity contribution is 0.291. The van der Waals surface area contributed by atoms with Crippen LogP contribution < -0.4 is 4.74 Å². The molecule has 0 atom stereocenters. The summed E-state index contributed by atoms with van der Waals surface area (Å²) >= 11 is 1.61. The molecule has 0 saturated heterocycles. The van der Waals surface area contributed by atoms with Gasteiger partial charge in [-0.2, -0.15) is 0 Å². The quantitative estimate of drug-likeness (QED) is 0.730. The molecule has 0 fully saturated rings. The van der Waals surface area contributed by atoms with Crippen LogP contribution in [0.25, 0.3) is 10.2 Å². The van der Waals surface area contributed by atoms with E-state index in [1.807, 2.05) is 13.8 Å². The fourth-order valence-electron chi connectivity index (χ4n) is 2.02. The summed E-state index contributed by atoms with van der Waals surface area (Å²) in [6, 6.07) is 6.58. The number of nitrogens with zero attached hydrogens (tertiary/aromatic N) is 2. The van der Waals surface area contributed by atoms with Gasteiger partial charge >= 0.3 is 0 Å². The second kappa shape index (κ2) is 5.17. The zero-order chi connectivity index (χ0) is 14.1. The first-order valence-corrected chi connectivity index (χ1v) is 7.05. The molecule has 0 unspecified atom stereocenters. The van der Waals surface area contributed by atoms with E-state index >= 15 is 0 Å². The van der Waals surface area contributed by atoms with Crippen molar-refractivity contribution >= 4 is 21.6 Å². The topological polar surface area (TPSA) is 35.0 Å². The standard InChI is InChI=1S/C15H13FN2OS/c1-9-10(2)20-15-13(9)14(17-8-18-15)19-7-11-5-3-4-6-12(11)16/h3-6,8H,7H2,1-2H3. The molecule has 3 nitrogen and oxygen atoms in total. The zero-order valence-electron chi connectivity index (χ0n) is 11.2. The highest BCUT2D eigenvalue weighted by Crippen LogP contribution is 2.33.